The topological polar surface area (TPSA) is 63.8 Å². The first-order chi connectivity index (χ1) is 16.9. The van der Waals surface area contributed by atoms with Gasteiger partial charge in [-0.05, 0) is 37.6 Å². The maximum Gasteiger partial charge on any atom is 0.296 e. The van der Waals surface area contributed by atoms with Gasteiger partial charge < -0.3 is 15.0 Å². The molecule has 1 aromatic heterocycles. The van der Waals surface area contributed by atoms with Crippen LogP contribution < -0.4 is 20.5 Å². The van der Waals surface area contributed by atoms with Crippen LogP contribution in [0.15, 0.2) is 41.2 Å². The lowest BCUT2D eigenvalue weighted by atomic mass is 9.87. The van der Waals surface area contributed by atoms with Crippen molar-refractivity contribution < 1.29 is 17.9 Å². The molecule has 2 fully saturated rings. The minimum Gasteiger partial charge on any atom is -0.494 e. The Morgan fingerprint density at radius 2 is 1.97 bits per heavy atom. The van der Waals surface area contributed by atoms with Gasteiger partial charge in [0.25, 0.3) is 5.56 Å². The molecular weight excluding hydrogens is 459 g/mol. The molecule has 1 spiro atoms. The third-order valence-corrected chi connectivity index (χ3v) is 6.80. The molecule has 10 heteroatoms. The fourth-order valence-electron chi connectivity index (χ4n) is 4.92. The van der Waals surface area contributed by atoms with Gasteiger partial charge in [0.1, 0.15) is 11.6 Å². The van der Waals surface area contributed by atoms with Crippen molar-refractivity contribution in [3.8, 4) is 22.8 Å². The van der Waals surface area contributed by atoms with Crippen LogP contribution in [0.2, 0.25) is 0 Å². The van der Waals surface area contributed by atoms with E-state index in [-0.39, 0.29) is 39.7 Å². The van der Waals surface area contributed by atoms with Crippen LogP contribution in [0.3, 0.4) is 0 Å². The average Bonchev–Trinajstić information content (AvgIpc) is 3.50. The quantitative estimate of drug-likeness (QED) is 0.570. The lowest BCUT2D eigenvalue weighted by Crippen LogP contribution is -2.33. The van der Waals surface area contributed by atoms with Crippen molar-refractivity contribution in [2.45, 2.75) is 12.8 Å². The number of nitrogens with zero attached hydrogens (tertiary/aromatic N) is 4. The van der Waals surface area contributed by atoms with Crippen LogP contribution >= 0.6 is 0 Å². The van der Waals surface area contributed by atoms with Crippen molar-refractivity contribution in [1.29, 1.82) is 0 Å². The second-order valence-electron chi connectivity index (χ2n) is 8.91. The normalized spacial score (nSPS) is 19.3. The maximum absolute atomic E-state index is 15.5. The molecule has 3 aromatic rings. The number of rotatable bonds is 4. The molecule has 0 amide bonds. The molecule has 2 aliphatic heterocycles. The van der Waals surface area contributed by atoms with E-state index >= 15 is 4.39 Å². The summed E-state index contributed by atoms with van der Waals surface area (Å²) in [5, 5.41) is 3.33. The molecule has 1 atom stereocenters. The summed E-state index contributed by atoms with van der Waals surface area (Å²) in [5.41, 5.74) is -1.08. The van der Waals surface area contributed by atoms with Gasteiger partial charge in [0, 0.05) is 36.7 Å². The molecule has 7 nitrogen and oxygen atoms in total. The van der Waals surface area contributed by atoms with E-state index in [1.165, 1.54) is 31.4 Å². The summed E-state index contributed by atoms with van der Waals surface area (Å²) in [6.45, 7) is 9.84. The number of hydrogen-bond donors (Lipinski definition) is 1. The van der Waals surface area contributed by atoms with Crippen LogP contribution in [0.5, 0.6) is 5.75 Å². The molecule has 0 bridgehead atoms. The Hall–Kier alpha value is -3.84. The Balaban J connectivity index is 1.70. The van der Waals surface area contributed by atoms with Crippen molar-refractivity contribution in [1.82, 2.24) is 14.9 Å². The fraction of sp³-hybridized carbons (Fsp3) is 0.320. The SMILES string of the molecule is [C-]#[N+]c1ccc(-c2nc(N3CCC4(CCNC4)C3)c(F)c(=O)n2-c2ccc(OC)c(F)c2)cc1F. The van der Waals surface area contributed by atoms with Gasteiger partial charge in [-0.2, -0.15) is 4.39 Å². The Morgan fingerprint density at radius 3 is 2.63 bits per heavy atom. The summed E-state index contributed by atoms with van der Waals surface area (Å²) in [6, 6.07) is 7.51. The monoisotopic (exact) mass is 481 g/mol. The zero-order valence-corrected chi connectivity index (χ0v) is 18.9. The second-order valence-corrected chi connectivity index (χ2v) is 8.91. The van der Waals surface area contributed by atoms with E-state index in [1.54, 1.807) is 4.90 Å². The van der Waals surface area contributed by atoms with Crippen LogP contribution in [0, 0.1) is 29.4 Å². The van der Waals surface area contributed by atoms with Gasteiger partial charge in [-0.25, -0.2) is 18.6 Å². The molecule has 3 heterocycles. The van der Waals surface area contributed by atoms with Gasteiger partial charge >= 0.3 is 0 Å². The van der Waals surface area contributed by atoms with Gasteiger partial charge in [0.2, 0.25) is 11.5 Å². The van der Waals surface area contributed by atoms with Crippen LogP contribution in [-0.2, 0) is 0 Å². The van der Waals surface area contributed by atoms with E-state index in [4.69, 9.17) is 11.3 Å². The van der Waals surface area contributed by atoms with Gasteiger partial charge in [-0.15, -0.1) is 0 Å². The number of anilines is 1. The number of ether oxygens (including phenoxy) is 1. The molecule has 35 heavy (non-hydrogen) atoms. The molecule has 2 saturated heterocycles. The Kier molecular flexibility index (Phi) is 5.73. The smallest absolute Gasteiger partial charge is 0.296 e. The molecule has 1 N–H and O–H groups in total. The largest absolute Gasteiger partial charge is 0.494 e. The summed E-state index contributed by atoms with van der Waals surface area (Å²) in [6.07, 6.45) is 1.78. The van der Waals surface area contributed by atoms with Crippen molar-refractivity contribution in [2.24, 2.45) is 5.41 Å². The number of benzene rings is 2. The highest BCUT2D eigenvalue weighted by atomic mass is 19.1. The highest BCUT2D eigenvalue weighted by Crippen LogP contribution is 2.39. The van der Waals surface area contributed by atoms with Crippen LogP contribution in [0.25, 0.3) is 21.9 Å². The molecule has 0 saturated carbocycles. The fourth-order valence-corrected chi connectivity index (χ4v) is 4.92. The number of methoxy groups -OCH3 is 1. The third kappa shape index (κ3) is 3.91. The first-order valence-electron chi connectivity index (χ1n) is 11.2. The molecule has 0 radical (unpaired) electrons. The summed E-state index contributed by atoms with van der Waals surface area (Å²) < 4.78 is 50.4. The van der Waals surface area contributed by atoms with Gasteiger partial charge in [0.05, 0.1) is 19.4 Å². The van der Waals surface area contributed by atoms with Crippen molar-refractivity contribution in [3.63, 3.8) is 0 Å². The Bertz CT molecular complexity index is 1410. The number of aromatic nitrogens is 2. The van der Waals surface area contributed by atoms with Gasteiger partial charge in [-0.3, -0.25) is 9.36 Å². The number of nitrogens with one attached hydrogen (secondary N) is 1. The lowest BCUT2D eigenvalue weighted by Gasteiger charge is -2.24. The zero-order valence-electron chi connectivity index (χ0n) is 18.9. The molecule has 1 unspecified atom stereocenters. The first-order valence-corrected chi connectivity index (χ1v) is 11.2. The van der Waals surface area contributed by atoms with E-state index in [0.29, 0.717) is 13.1 Å². The number of hydrogen-bond acceptors (Lipinski definition) is 5. The average molecular weight is 481 g/mol. The van der Waals surface area contributed by atoms with Crippen molar-refractivity contribution >= 4 is 11.5 Å². The standard InChI is InChI=1S/C25H22F3N5O2/c1-29-19-5-3-15(11-17(19)26)22-31-23(32-10-8-25(14-32)7-9-30-13-25)21(28)24(34)33(22)16-4-6-20(35-2)18(27)12-16/h3-6,11-12,30H,7-10,13-14H2,2H3. The van der Waals surface area contributed by atoms with E-state index in [1.807, 2.05) is 0 Å². The zero-order chi connectivity index (χ0) is 24.7. The predicted octanol–water partition coefficient (Wildman–Crippen LogP) is 4.07. The third-order valence-electron chi connectivity index (χ3n) is 6.80. The van der Waals surface area contributed by atoms with E-state index in [9.17, 15) is 13.6 Å². The van der Waals surface area contributed by atoms with E-state index < -0.39 is 23.0 Å². The number of halogens is 3. The van der Waals surface area contributed by atoms with Gasteiger partial charge in [0.15, 0.2) is 17.4 Å². The first kappa shape index (κ1) is 22.9. The van der Waals surface area contributed by atoms with E-state index in [2.05, 4.69) is 15.1 Å². The summed E-state index contributed by atoms with van der Waals surface area (Å²) in [5.74, 6) is -2.84. The molecule has 2 aromatic carbocycles. The molecule has 2 aliphatic rings. The predicted molar refractivity (Wildman–Crippen MR) is 125 cm³/mol. The highest BCUT2D eigenvalue weighted by Gasteiger charge is 2.42. The summed E-state index contributed by atoms with van der Waals surface area (Å²) in [7, 11) is 1.30. The summed E-state index contributed by atoms with van der Waals surface area (Å²) in [4.78, 5) is 22.7. The molecule has 5 rings (SSSR count). The van der Waals surface area contributed by atoms with Crippen LogP contribution in [-0.4, -0.2) is 42.8 Å². The Labute approximate surface area is 199 Å². The van der Waals surface area contributed by atoms with Crippen molar-refractivity contribution in [3.05, 3.63) is 75.6 Å². The molecular formula is C25H22F3N5O2. The van der Waals surface area contributed by atoms with Crippen LogP contribution in [0.1, 0.15) is 12.8 Å². The van der Waals surface area contributed by atoms with Crippen LogP contribution in [0.4, 0.5) is 24.7 Å². The lowest BCUT2D eigenvalue weighted by molar-refractivity contribution is 0.369. The van der Waals surface area contributed by atoms with E-state index in [0.717, 1.165) is 42.6 Å². The molecule has 180 valence electrons. The maximum atomic E-state index is 15.5. The molecule has 0 aliphatic carbocycles. The summed E-state index contributed by atoms with van der Waals surface area (Å²) >= 11 is 0. The minimum absolute atomic E-state index is 0.00815. The highest BCUT2D eigenvalue weighted by molar-refractivity contribution is 5.65. The Morgan fingerprint density at radius 1 is 1.14 bits per heavy atom. The second kappa shape index (κ2) is 8.74. The minimum atomic E-state index is -1.06. The van der Waals surface area contributed by atoms with Gasteiger partial charge in [-0.1, -0.05) is 12.1 Å². The van der Waals surface area contributed by atoms with Crippen molar-refractivity contribution in [2.75, 3.05) is 38.2 Å².